The zero-order chi connectivity index (χ0) is 34.5. The molecule has 13 heteroatoms. The standard InChI is InChI=1S/C33H44FO11P/c1-31(2,3)28(35)39-20-23-25(41-29(36)32(4,5)6)26(42-30(37)33(7,8)9)24(34)27(40-23)45-46(38,43-21-16-12-10-13-17-21)44-22-18-14-11-15-19-22/h10-19,23-27H,20H2,1-9H3/t23-,24-,25+,26-,27-/m1/s1. The van der Waals surface area contributed by atoms with E-state index < -0.39 is 79.4 Å². The van der Waals surface area contributed by atoms with E-state index in [-0.39, 0.29) is 11.5 Å². The number of phosphoric acid groups is 1. The largest absolute Gasteiger partial charge is 0.590 e. The minimum absolute atomic E-state index is 0.0799. The number of rotatable bonds is 10. The summed E-state index contributed by atoms with van der Waals surface area (Å²) in [7, 11) is -4.75. The van der Waals surface area contributed by atoms with Gasteiger partial charge in [0.05, 0.1) is 16.2 Å². The van der Waals surface area contributed by atoms with Crippen molar-refractivity contribution in [1.82, 2.24) is 0 Å². The number of esters is 3. The Hall–Kier alpha value is -3.47. The molecule has 0 unspecified atom stereocenters. The monoisotopic (exact) mass is 666 g/mol. The third kappa shape index (κ3) is 10.3. The quantitative estimate of drug-likeness (QED) is 0.150. The third-order valence-corrected chi connectivity index (χ3v) is 7.76. The second-order valence-corrected chi connectivity index (χ2v) is 15.4. The van der Waals surface area contributed by atoms with E-state index in [0.717, 1.165) is 0 Å². The van der Waals surface area contributed by atoms with Crippen LogP contribution in [0.15, 0.2) is 60.7 Å². The van der Waals surface area contributed by atoms with Gasteiger partial charge in [0.2, 0.25) is 6.29 Å². The molecule has 5 atom stereocenters. The van der Waals surface area contributed by atoms with Crippen LogP contribution in [0.4, 0.5) is 4.39 Å². The van der Waals surface area contributed by atoms with E-state index in [9.17, 15) is 18.9 Å². The van der Waals surface area contributed by atoms with Gasteiger partial charge in [-0.15, -0.1) is 0 Å². The fraction of sp³-hybridized carbons (Fsp3) is 0.545. The van der Waals surface area contributed by atoms with Gasteiger partial charge in [-0.2, -0.15) is 0 Å². The fourth-order valence-electron chi connectivity index (χ4n) is 3.75. The van der Waals surface area contributed by atoms with E-state index in [0.29, 0.717) is 0 Å². The number of halogens is 1. The summed E-state index contributed by atoms with van der Waals surface area (Å²) in [5, 5.41) is 0. The Morgan fingerprint density at radius 3 is 1.52 bits per heavy atom. The number of para-hydroxylation sites is 2. The lowest BCUT2D eigenvalue weighted by atomic mass is 9.94. The average Bonchev–Trinajstić information content (AvgIpc) is 2.94. The molecular weight excluding hydrogens is 622 g/mol. The summed E-state index contributed by atoms with van der Waals surface area (Å²) in [6.07, 6.45) is -9.32. The predicted molar refractivity (Wildman–Crippen MR) is 165 cm³/mol. The van der Waals surface area contributed by atoms with E-state index in [4.69, 9.17) is 32.5 Å². The number of hydrogen-bond acceptors (Lipinski definition) is 11. The number of ether oxygens (including phenoxy) is 4. The second kappa shape index (κ2) is 14.5. The first-order valence-electron chi connectivity index (χ1n) is 14.9. The van der Waals surface area contributed by atoms with Crippen molar-refractivity contribution in [1.29, 1.82) is 0 Å². The number of carbonyl (C=O) groups is 3. The molecule has 2 aromatic carbocycles. The van der Waals surface area contributed by atoms with Gasteiger partial charge in [-0.05, 0) is 86.6 Å². The Morgan fingerprint density at radius 2 is 1.11 bits per heavy atom. The molecule has 1 heterocycles. The molecule has 254 valence electrons. The number of phosphoric ester groups is 1. The Balaban J connectivity index is 2.06. The number of hydrogen-bond donors (Lipinski definition) is 0. The average molecular weight is 667 g/mol. The lowest BCUT2D eigenvalue weighted by molar-refractivity contribution is -0.278. The summed E-state index contributed by atoms with van der Waals surface area (Å²) in [6.45, 7) is 13.8. The summed E-state index contributed by atoms with van der Waals surface area (Å²) in [4.78, 5) is 38.9. The minimum atomic E-state index is -4.75. The van der Waals surface area contributed by atoms with Gasteiger partial charge in [-0.1, -0.05) is 36.4 Å². The Labute approximate surface area is 269 Å². The number of carbonyl (C=O) groups excluding carboxylic acids is 3. The van der Waals surface area contributed by atoms with Gasteiger partial charge in [0.25, 0.3) is 0 Å². The molecule has 0 spiro atoms. The minimum Gasteiger partial charge on any atom is -0.462 e. The van der Waals surface area contributed by atoms with Crippen molar-refractivity contribution in [2.75, 3.05) is 6.61 Å². The summed E-state index contributed by atoms with van der Waals surface area (Å²) in [5.41, 5.74) is -3.07. The molecule has 2 aromatic rings. The molecular formula is C33H44FO11P. The smallest absolute Gasteiger partial charge is 0.462 e. The van der Waals surface area contributed by atoms with Crippen molar-refractivity contribution in [2.24, 2.45) is 16.2 Å². The fourth-order valence-corrected chi connectivity index (χ4v) is 5.05. The maximum absolute atomic E-state index is 16.6. The number of alkyl halides is 1. The highest BCUT2D eigenvalue weighted by Gasteiger charge is 2.55. The molecule has 1 saturated heterocycles. The maximum atomic E-state index is 16.6. The molecule has 1 aliphatic rings. The zero-order valence-corrected chi connectivity index (χ0v) is 28.6. The van der Waals surface area contributed by atoms with Crippen LogP contribution in [0.25, 0.3) is 0 Å². The van der Waals surface area contributed by atoms with Crippen LogP contribution in [-0.2, 0) is 42.4 Å². The van der Waals surface area contributed by atoms with Crippen LogP contribution in [0, 0.1) is 16.2 Å². The van der Waals surface area contributed by atoms with E-state index in [1.165, 1.54) is 24.3 Å². The summed E-state index contributed by atoms with van der Waals surface area (Å²) in [5.74, 6) is -2.06. The molecule has 1 fully saturated rings. The molecule has 46 heavy (non-hydrogen) atoms. The molecule has 0 N–H and O–H groups in total. The van der Waals surface area contributed by atoms with Crippen molar-refractivity contribution in [3.63, 3.8) is 0 Å². The van der Waals surface area contributed by atoms with Crippen LogP contribution in [0.1, 0.15) is 62.3 Å². The van der Waals surface area contributed by atoms with E-state index >= 15 is 4.39 Å². The van der Waals surface area contributed by atoms with Crippen molar-refractivity contribution in [2.45, 2.75) is 93.1 Å². The highest BCUT2D eigenvalue weighted by molar-refractivity contribution is 7.49. The van der Waals surface area contributed by atoms with Crippen molar-refractivity contribution < 1.29 is 55.9 Å². The highest BCUT2D eigenvalue weighted by atomic mass is 31.2. The molecule has 0 aromatic heterocycles. The van der Waals surface area contributed by atoms with Gasteiger partial charge in [0, 0.05) is 0 Å². The van der Waals surface area contributed by atoms with Gasteiger partial charge < -0.3 is 28.0 Å². The van der Waals surface area contributed by atoms with Crippen LogP contribution in [0.2, 0.25) is 0 Å². The summed E-state index contributed by atoms with van der Waals surface area (Å²) < 4.78 is 70.3. The summed E-state index contributed by atoms with van der Waals surface area (Å²) in [6, 6.07) is 15.8. The second-order valence-electron chi connectivity index (χ2n) is 13.9. The van der Waals surface area contributed by atoms with Gasteiger partial charge >= 0.3 is 25.7 Å². The predicted octanol–water partition coefficient (Wildman–Crippen LogP) is 6.84. The van der Waals surface area contributed by atoms with Crippen LogP contribution >= 0.6 is 7.82 Å². The first kappa shape index (κ1) is 37.0. The lowest BCUT2D eigenvalue weighted by Gasteiger charge is -2.43. The molecule has 11 nitrogen and oxygen atoms in total. The van der Waals surface area contributed by atoms with E-state index in [1.54, 1.807) is 98.7 Å². The molecule has 3 rings (SSSR count). The molecule has 0 aliphatic carbocycles. The maximum Gasteiger partial charge on any atom is 0.590 e. The summed E-state index contributed by atoms with van der Waals surface area (Å²) >= 11 is 0. The molecule has 0 saturated carbocycles. The first-order valence-corrected chi connectivity index (χ1v) is 16.3. The van der Waals surface area contributed by atoms with Gasteiger partial charge in [0.15, 0.2) is 18.4 Å². The molecule has 1 aliphatic heterocycles. The third-order valence-electron chi connectivity index (χ3n) is 6.43. The first-order chi connectivity index (χ1) is 21.2. The molecule has 0 amide bonds. The van der Waals surface area contributed by atoms with Crippen molar-refractivity contribution in [3.05, 3.63) is 60.7 Å². The van der Waals surface area contributed by atoms with Crippen molar-refractivity contribution in [3.8, 4) is 11.5 Å². The normalized spacial score (nSPS) is 22.3. The topological polar surface area (TPSA) is 133 Å². The van der Waals surface area contributed by atoms with Crippen LogP contribution in [0.3, 0.4) is 0 Å². The Bertz CT molecular complexity index is 1330. The van der Waals surface area contributed by atoms with Gasteiger partial charge in [-0.3, -0.25) is 14.4 Å². The highest BCUT2D eigenvalue weighted by Crippen LogP contribution is 2.52. The molecule has 0 radical (unpaired) electrons. The zero-order valence-electron chi connectivity index (χ0n) is 27.7. The SMILES string of the molecule is CC(C)(C)C(=O)OC[C@H]1O[C@H](OP(=O)(Oc2ccccc2)Oc2ccccc2)[C@H](F)[C@@H](OC(=O)C(C)(C)C)[C@H]1OC(=O)C(C)(C)C. The number of benzene rings is 2. The van der Waals surface area contributed by atoms with E-state index in [2.05, 4.69) is 0 Å². The lowest BCUT2D eigenvalue weighted by Crippen LogP contribution is -2.61. The van der Waals surface area contributed by atoms with Crippen LogP contribution < -0.4 is 9.05 Å². The van der Waals surface area contributed by atoms with Crippen LogP contribution in [-0.4, -0.2) is 55.3 Å². The Morgan fingerprint density at radius 1 is 0.696 bits per heavy atom. The van der Waals surface area contributed by atoms with Gasteiger partial charge in [-0.25, -0.2) is 13.5 Å². The van der Waals surface area contributed by atoms with Crippen molar-refractivity contribution >= 4 is 25.7 Å². The van der Waals surface area contributed by atoms with Gasteiger partial charge in [0.1, 0.15) is 24.2 Å². The van der Waals surface area contributed by atoms with Crippen LogP contribution in [0.5, 0.6) is 11.5 Å². The Kier molecular flexibility index (Phi) is 11.7. The molecule has 0 bridgehead atoms. The van der Waals surface area contributed by atoms with E-state index in [1.807, 2.05) is 0 Å².